The van der Waals surface area contributed by atoms with E-state index in [-0.39, 0.29) is 0 Å². The topological polar surface area (TPSA) is 32.5 Å². The predicted octanol–water partition coefficient (Wildman–Crippen LogP) is 0.996. The highest BCUT2D eigenvalue weighted by atomic mass is 15.3. The van der Waals surface area contributed by atoms with Crippen LogP contribution in [0.5, 0.6) is 0 Å². The van der Waals surface area contributed by atoms with Crippen LogP contribution in [0.3, 0.4) is 0 Å². The number of nitrogens with two attached hydrogens (primary N) is 1. The normalized spacial score (nSPS) is 30.0. The molecule has 2 unspecified atom stereocenters. The molecule has 0 saturated carbocycles. The van der Waals surface area contributed by atoms with Crippen LogP contribution in [0.15, 0.2) is 0 Å². The van der Waals surface area contributed by atoms with Gasteiger partial charge in [0.1, 0.15) is 0 Å². The lowest BCUT2D eigenvalue weighted by Gasteiger charge is -2.44. The van der Waals surface area contributed by atoms with Gasteiger partial charge in [0.15, 0.2) is 0 Å². The predicted molar refractivity (Wildman–Crippen MR) is 66.0 cm³/mol. The first kappa shape index (κ1) is 12.9. The minimum Gasteiger partial charge on any atom is -0.329 e. The highest BCUT2D eigenvalue weighted by Crippen LogP contribution is 2.15. The van der Waals surface area contributed by atoms with Gasteiger partial charge in [0.25, 0.3) is 0 Å². The fraction of sp³-hybridized carbons (Fsp3) is 1.00. The van der Waals surface area contributed by atoms with Crippen LogP contribution in [-0.2, 0) is 0 Å². The molecule has 1 heterocycles. The van der Waals surface area contributed by atoms with Gasteiger partial charge in [0, 0.05) is 31.7 Å². The van der Waals surface area contributed by atoms with Crippen molar-refractivity contribution in [1.29, 1.82) is 0 Å². The molecular formula is C12H27N3. The summed E-state index contributed by atoms with van der Waals surface area (Å²) in [5, 5.41) is 0. The van der Waals surface area contributed by atoms with E-state index in [0.717, 1.165) is 19.0 Å². The fourth-order valence-electron chi connectivity index (χ4n) is 2.48. The molecule has 0 aromatic heterocycles. The van der Waals surface area contributed by atoms with Gasteiger partial charge in [0.2, 0.25) is 0 Å². The SMILES string of the molecule is CC(C)CCN1C(C)CN(C)CC1CN. The molecule has 1 fully saturated rings. The first-order valence-corrected chi connectivity index (χ1v) is 6.19. The maximum atomic E-state index is 5.86. The summed E-state index contributed by atoms with van der Waals surface area (Å²) in [5.74, 6) is 0.787. The van der Waals surface area contributed by atoms with Crippen molar-refractivity contribution in [2.45, 2.75) is 39.3 Å². The van der Waals surface area contributed by atoms with Gasteiger partial charge in [-0.15, -0.1) is 0 Å². The summed E-state index contributed by atoms with van der Waals surface area (Å²) in [7, 11) is 2.19. The lowest BCUT2D eigenvalue weighted by molar-refractivity contribution is 0.0442. The van der Waals surface area contributed by atoms with Crippen molar-refractivity contribution in [2.24, 2.45) is 11.7 Å². The van der Waals surface area contributed by atoms with Gasteiger partial charge in [-0.05, 0) is 32.9 Å². The largest absolute Gasteiger partial charge is 0.329 e. The van der Waals surface area contributed by atoms with Crippen LogP contribution >= 0.6 is 0 Å². The van der Waals surface area contributed by atoms with E-state index in [2.05, 4.69) is 37.6 Å². The molecule has 2 atom stereocenters. The Bertz CT molecular complexity index is 182. The van der Waals surface area contributed by atoms with Crippen molar-refractivity contribution in [1.82, 2.24) is 9.80 Å². The Balaban J connectivity index is 2.50. The Morgan fingerprint density at radius 1 is 1.33 bits per heavy atom. The van der Waals surface area contributed by atoms with E-state index in [0.29, 0.717) is 12.1 Å². The van der Waals surface area contributed by atoms with E-state index >= 15 is 0 Å². The summed E-state index contributed by atoms with van der Waals surface area (Å²) >= 11 is 0. The molecule has 0 amide bonds. The van der Waals surface area contributed by atoms with E-state index in [1.54, 1.807) is 0 Å². The van der Waals surface area contributed by atoms with Crippen LogP contribution in [0.1, 0.15) is 27.2 Å². The molecule has 1 rings (SSSR count). The van der Waals surface area contributed by atoms with Crippen LogP contribution in [-0.4, -0.2) is 55.1 Å². The summed E-state index contributed by atoms with van der Waals surface area (Å²) in [4.78, 5) is 4.99. The van der Waals surface area contributed by atoms with Crippen LogP contribution in [0.4, 0.5) is 0 Å². The Morgan fingerprint density at radius 3 is 2.53 bits per heavy atom. The molecule has 2 N–H and O–H groups in total. The molecular weight excluding hydrogens is 186 g/mol. The molecule has 0 aliphatic carbocycles. The highest BCUT2D eigenvalue weighted by Gasteiger charge is 2.29. The monoisotopic (exact) mass is 213 g/mol. The standard InChI is InChI=1S/C12H27N3/c1-10(2)5-6-15-11(3)8-14(4)9-12(15)7-13/h10-12H,5-9,13H2,1-4H3. The summed E-state index contributed by atoms with van der Waals surface area (Å²) < 4.78 is 0. The van der Waals surface area contributed by atoms with Crippen LogP contribution in [0, 0.1) is 5.92 Å². The summed E-state index contributed by atoms with van der Waals surface area (Å²) in [5.41, 5.74) is 5.86. The van der Waals surface area contributed by atoms with Crippen molar-refractivity contribution >= 4 is 0 Å². The molecule has 90 valence electrons. The molecule has 3 heteroatoms. The number of hydrogen-bond donors (Lipinski definition) is 1. The summed E-state index contributed by atoms with van der Waals surface area (Å²) in [6.07, 6.45) is 1.28. The van der Waals surface area contributed by atoms with Crippen LogP contribution in [0.2, 0.25) is 0 Å². The van der Waals surface area contributed by atoms with E-state index in [1.165, 1.54) is 19.5 Å². The zero-order valence-electron chi connectivity index (χ0n) is 10.7. The number of rotatable bonds is 4. The van der Waals surface area contributed by atoms with Crippen molar-refractivity contribution in [3.8, 4) is 0 Å². The van der Waals surface area contributed by atoms with Gasteiger partial charge in [-0.3, -0.25) is 4.90 Å². The molecule has 0 bridgehead atoms. The number of hydrogen-bond acceptors (Lipinski definition) is 3. The van der Waals surface area contributed by atoms with Gasteiger partial charge >= 0.3 is 0 Å². The van der Waals surface area contributed by atoms with E-state index in [9.17, 15) is 0 Å². The van der Waals surface area contributed by atoms with E-state index < -0.39 is 0 Å². The summed E-state index contributed by atoms with van der Waals surface area (Å²) in [6.45, 7) is 11.2. The second-order valence-corrected chi connectivity index (χ2v) is 5.38. The first-order chi connectivity index (χ1) is 7.04. The Morgan fingerprint density at radius 2 is 2.00 bits per heavy atom. The van der Waals surface area contributed by atoms with Gasteiger partial charge in [0.05, 0.1) is 0 Å². The first-order valence-electron chi connectivity index (χ1n) is 6.19. The zero-order chi connectivity index (χ0) is 11.4. The van der Waals surface area contributed by atoms with Crippen molar-refractivity contribution in [3.63, 3.8) is 0 Å². The quantitative estimate of drug-likeness (QED) is 0.756. The van der Waals surface area contributed by atoms with Gasteiger partial charge in [-0.25, -0.2) is 0 Å². The number of piperazine rings is 1. The Kier molecular flexibility index (Phi) is 5.03. The minimum absolute atomic E-state index is 0.553. The van der Waals surface area contributed by atoms with Crippen LogP contribution < -0.4 is 5.73 Å². The number of nitrogens with zero attached hydrogens (tertiary/aromatic N) is 2. The molecule has 0 aromatic carbocycles. The Labute approximate surface area is 94.6 Å². The minimum atomic E-state index is 0.553. The van der Waals surface area contributed by atoms with Crippen molar-refractivity contribution in [3.05, 3.63) is 0 Å². The van der Waals surface area contributed by atoms with Gasteiger partial charge in [-0.2, -0.15) is 0 Å². The molecule has 1 saturated heterocycles. The van der Waals surface area contributed by atoms with E-state index in [1.807, 2.05) is 0 Å². The molecule has 1 aliphatic heterocycles. The van der Waals surface area contributed by atoms with E-state index in [4.69, 9.17) is 5.73 Å². The third-order valence-corrected chi connectivity index (χ3v) is 3.37. The lowest BCUT2D eigenvalue weighted by atomic mass is 10.0. The molecule has 0 aromatic rings. The number of likely N-dealkylation sites (N-methyl/N-ethyl adjacent to an activating group) is 1. The fourth-order valence-corrected chi connectivity index (χ4v) is 2.48. The van der Waals surface area contributed by atoms with Gasteiger partial charge in [-0.1, -0.05) is 13.8 Å². The van der Waals surface area contributed by atoms with Crippen molar-refractivity contribution < 1.29 is 0 Å². The molecule has 0 spiro atoms. The average Bonchev–Trinajstić information content (AvgIpc) is 2.14. The van der Waals surface area contributed by atoms with Crippen LogP contribution in [0.25, 0.3) is 0 Å². The molecule has 1 aliphatic rings. The second kappa shape index (κ2) is 5.83. The second-order valence-electron chi connectivity index (χ2n) is 5.38. The molecule has 3 nitrogen and oxygen atoms in total. The third-order valence-electron chi connectivity index (χ3n) is 3.37. The van der Waals surface area contributed by atoms with Crippen molar-refractivity contribution in [2.75, 3.05) is 33.2 Å². The Hall–Kier alpha value is -0.120. The zero-order valence-corrected chi connectivity index (χ0v) is 10.7. The summed E-state index contributed by atoms with van der Waals surface area (Å²) in [6, 6.07) is 1.20. The molecule has 0 radical (unpaired) electrons. The highest BCUT2D eigenvalue weighted by molar-refractivity contribution is 4.86. The van der Waals surface area contributed by atoms with Gasteiger partial charge < -0.3 is 10.6 Å². The average molecular weight is 213 g/mol. The third kappa shape index (κ3) is 3.74. The molecule has 15 heavy (non-hydrogen) atoms. The maximum absolute atomic E-state index is 5.86. The smallest absolute Gasteiger partial charge is 0.0348 e. The maximum Gasteiger partial charge on any atom is 0.0348 e. The lowest BCUT2D eigenvalue weighted by Crippen LogP contribution is -2.59.